The summed E-state index contributed by atoms with van der Waals surface area (Å²) in [7, 11) is 2.09. The first-order chi connectivity index (χ1) is 4.62. The summed E-state index contributed by atoms with van der Waals surface area (Å²) in [6.07, 6.45) is 1.36. The number of carbonyl (C=O) groups excluding carboxylic acids is 1. The van der Waals surface area contributed by atoms with Crippen molar-refractivity contribution >= 4 is 15.8 Å². The first kappa shape index (κ1) is 10.0. The van der Waals surface area contributed by atoms with Gasteiger partial charge in [0.2, 0.25) is 0 Å². The topological polar surface area (TPSA) is 46.5 Å². The summed E-state index contributed by atoms with van der Waals surface area (Å²) in [5, 5.41) is 9.33. The zero-order chi connectivity index (χ0) is 8.04. The Balaban J connectivity index is 3.51. The van der Waals surface area contributed by atoms with E-state index in [1.165, 1.54) is 0 Å². The number of aldehydes is 1. The summed E-state index contributed by atoms with van der Waals surface area (Å²) in [5.74, 6) is 0. The maximum Gasteiger partial charge on any atom is 0.122 e. The summed E-state index contributed by atoms with van der Waals surface area (Å²) >= 11 is 0. The molecule has 0 aromatic heterocycles. The van der Waals surface area contributed by atoms with Crippen LogP contribution in [0.15, 0.2) is 0 Å². The number of carbonyl (C=O) groups is 1. The molecule has 1 N–H and O–H groups in total. The van der Waals surface area contributed by atoms with Crippen LogP contribution in [0.5, 0.6) is 0 Å². The lowest BCUT2D eigenvalue weighted by molar-refractivity contribution is -0.112. The molecule has 2 atom stereocenters. The zero-order valence-corrected chi connectivity index (χ0v) is 7.19. The second kappa shape index (κ2) is 4.78. The van der Waals surface area contributed by atoms with Crippen molar-refractivity contribution in [3.63, 3.8) is 0 Å². The summed E-state index contributed by atoms with van der Waals surface area (Å²) in [6.45, 7) is 2.07. The smallest absolute Gasteiger partial charge is 0.122 e. The monoisotopic (exact) mass is 164 g/mol. The van der Waals surface area contributed by atoms with Crippen molar-refractivity contribution in [2.45, 2.75) is 25.4 Å². The maximum atomic E-state index is 9.98. The second-order valence-corrected chi connectivity index (χ2v) is 2.82. The standard InChI is InChI=1S/C6H13O3P/c1-6(8,2-4-7)3-5-9-10/h4,8H,2-3,5,10H2,1H3. The average Bonchev–Trinajstić information content (AvgIpc) is 1.84. The molecule has 0 aromatic rings. The average molecular weight is 164 g/mol. The molecule has 0 aliphatic rings. The van der Waals surface area contributed by atoms with Crippen LogP contribution in [-0.4, -0.2) is 23.6 Å². The highest BCUT2D eigenvalue weighted by molar-refractivity contribution is 7.09. The number of hydrogen-bond acceptors (Lipinski definition) is 3. The van der Waals surface area contributed by atoms with Crippen LogP contribution in [0.2, 0.25) is 0 Å². The van der Waals surface area contributed by atoms with Crippen molar-refractivity contribution in [1.82, 2.24) is 0 Å². The Morgan fingerprint density at radius 2 is 2.40 bits per heavy atom. The summed E-state index contributed by atoms with van der Waals surface area (Å²) < 4.78 is 4.66. The van der Waals surface area contributed by atoms with Crippen LogP contribution in [-0.2, 0) is 9.32 Å². The van der Waals surface area contributed by atoms with E-state index in [-0.39, 0.29) is 6.42 Å². The molecule has 0 radical (unpaired) electrons. The maximum absolute atomic E-state index is 9.98. The van der Waals surface area contributed by atoms with E-state index >= 15 is 0 Å². The van der Waals surface area contributed by atoms with Crippen molar-refractivity contribution in [2.24, 2.45) is 0 Å². The van der Waals surface area contributed by atoms with Gasteiger partial charge in [0, 0.05) is 15.9 Å². The molecule has 0 amide bonds. The minimum atomic E-state index is -0.904. The Kier molecular flexibility index (Phi) is 4.79. The van der Waals surface area contributed by atoms with E-state index in [0.717, 1.165) is 0 Å². The molecule has 60 valence electrons. The van der Waals surface area contributed by atoms with Gasteiger partial charge in [0.25, 0.3) is 0 Å². The van der Waals surface area contributed by atoms with Gasteiger partial charge in [0.05, 0.1) is 12.2 Å². The quantitative estimate of drug-likeness (QED) is 0.476. The molecule has 0 saturated heterocycles. The van der Waals surface area contributed by atoms with E-state index in [1.54, 1.807) is 6.92 Å². The number of rotatable bonds is 5. The van der Waals surface area contributed by atoms with Gasteiger partial charge in [-0.15, -0.1) is 0 Å². The molecule has 4 heteroatoms. The van der Waals surface area contributed by atoms with Gasteiger partial charge in [-0.25, -0.2) is 0 Å². The van der Waals surface area contributed by atoms with Crippen LogP contribution in [0, 0.1) is 0 Å². The Morgan fingerprint density at radius 3 is 2.80 bits per heavy atom. The van der Waals surface area contributed by atoms with Crippen LogP contribution in [0.3, 0.4) is 0 Å². The Hall–Kier alpha value is 0.0200. The zero-order valence-electron chi connectivity index (χ0n) is 6.04. The molecule has 2 unspecified atom stereocenters. The van der Waals surface area contributed by atoms with Gasteiger partial charge < -0.3 is 14.4 Å². The molecule has 10 heavy (non-hydrogen) atoms. The largest absolute Gasteiger partial charge is 0.390 e. The molecule has 0 saturated carbocycles. The predicted octanol–water partition coefficient (Wildman–Crippen LogP) is 0.523. The second-order valence-electron chi connectivity index (χ2n) is 2.49. The Labute approximate surface area is 63.0 Å². The van der Waals surface area contributed by atoms with Crippen LogP contribution in [0.25, 0.3) is 0 Å². The highest BCUT2D eigenvalue weighted by atomic mass is 31.0. The first-order valence-corrected chi connectivity index (χ1v) is 3.57. The van der Waals surface area contributed by atoms with E-state index < -0.39 is 5.60 Å². The van der Waals surface area contributed by atoms with Crippen molar-refractivity contribution in [2.75, 3.05) is 6.61 Å². The Morgan fingerprint density at radius 1 is 1.80 bits per heavy atom. The van der Waals surface area contributed by atoms with Crippen LogP contribution >= 0.6 is 9.47 Å². The van der Waals surface area contributed by atoms with Crippen molar-refractivity contribution in [3.8, 4) is 0 Å². The predicted molar refractivity (Wildman–Crippen MR) is 41.6 cm³/mol. The molecule has 0 aromatic carbocycles. The van der Waals surface area contributed by atoms with Crippen LogP contribution < -0.4 is 0 Å². The van der Waals surface area contributed by atoms with Gasteiger partial charge in [-0.3, -0.25) is 0 Å². The van der Waals surface area contributed by atoms with Gasteiger partial charge in [0.15, 0.2) is 0 Å². The summed E-state index contributed by atoms with van der Waals surface area (Å²) in [4.78, 5) is 9.98. The fourth-order valence-corrected chi connectivity index (χ4v) is 0.678. The normalized spacial score (nSPS) is 16.3. The third-order valence-corrected chi connectivity index (χ3v) is 1.52. The molecule has 0 aliphatic carbocycles. The van der Waals surface area contributed by atoms with Crippen molar-refractivity contribution in [3.05, 3.63) is 0 Å². The molecule has 0 spiro atoms. The fourth-order valence-electron chi connectivity index (χ4n) is 0.560. The highest BCUT2D eigenvalue weighted by Crippen LogP contribution is 2.12. The van der Waals surface area contributed by atoms with Gasteiger partial charge in [0.1, 0.15) is 6.29 Å². The molecular formula is C6H13O3P. The molecule has 3 nitrogen and oxygen atoms in total. The minimum Gasteiger partial charge on any atom is -0.390 e. The molecule has 0 aliphatic heterocycles. The molecule has 0 heterocycles. The molecule has 0 bridgehead atoms. The summed E-state index contributed by atoms with van der Waals surface area (Å²) in [6, 6.07) is 0. The Bertz CT molecular complexity index is 103. The lowest BCUT2D eigenvalue weighted by Crippen LogP contribution is -2.25. The van der Waals surface area contributed by atoms with Gasteiger partial charge in [-0.2, -0.15) is 0 Å². The van der Waals surface area contributed by atoms with Crippen LogP contribution in [0.4, 0.5) is 0 Å². The number of hydrogen-bond donors (Lipinski definition) is 1. The number of aliphatic hydroxyl groups is 1. The van der Waals surface area contributed by atoms with E-state index in [0.29, 0.717) is 19.3 Å². The van der Waals surface area contributed by atoms with E-state index in [9.17, 15) is 9.90 Å². The van der Waals surface area contributed by atoms with Gasteiger partial charge >= 0.3 is 0 Å². The van der Waals surface area contributed by atoms with Crippen molar-refractivity contribution in [1.29, 1.82) is 0 Å². The van der Waals surface area contributed by atoms with E-state index in [2.05, 4.69) is 14.0 Å². The summed E-state index contributed by atoms with van der Waals surface area (Å²) in [5.41, 5.74) is -0.904. The minimum absolute atomic E-state index is 0.168. The van der Waals surface area contributed by atoms with Crippen molar-refractivity contribution < 1.29 is 14.4 Å². The highest BCUT2D eigenvalue weighted by Gasteiger charge is 2.18. The third kappa shape index (κ3) is 4.86. The first-order valence-electron chi connectivity index (χ1n) is 3.10. The van der Waals surface area contributed by atoms with Gasteiger partial charge in [-0.05, 0) is 13.3 Å². The lowest BCUT2D eigenvalue weighted by atomic mass is 10.00. The fraction of sp³-hybridized carbons (Fsp3) is 0.833. The molecule has 0 rings (SSSR count). The SMILES string of the molecule is CC(O)(CC=O)CCOP. The van der Waals surface area contributed by atoms with Gasteiger partial charge in [-0.1, -0.05) is 0 Å². The van der Waals surface area contributed by atoms with E-state index in [4.69, 9.17) is 0 Å². The third-order valence-electron chi connectivity index (χ3n) is 1.28. The molecule has 0 fully saturated rings. The van der Waals surface area contributed by atoms with Crippen LogP contribution in [0.1, 0.15) is 19.8 Å². The molecular weight excluding hydrogens is 151 g/mol. The van der Waals surface area contributed by atoms with E-state index in [1.807, 2.05) is 0 Å². The lowest BCUT2D eigenvalue weighted by Gasteiger charge is -2.18.